The Bertz CT molecular complexity index is 1030. The maximum atomic E-state index is 12.8. The van der Waals surface area contributed by atoms with Gasteiger partial charge in [-0.25, -0.2) is 9.79 Å². The molecular weight excluding hydrogens is 380 g/mol. The molecule has 4 rings (SSSR count). The van der Waals surface area contributed by atoms with E-state index in [-0.39, 0.29) is 18.3 Å². The second kappa shape index (κ2) is 7.40. The highest BCUT2D eigenvalue weighted by molar-refractivity contribution is 8.18. The van der Waals surface area contributed by atoms with Gasteiger partial charge in [0.1, 0.15) is 0 Å². The molecule has 8 heteroatoms. The lowest BCUT2D eigenvalue weighted by molar-refractivity contribution is -0.122. The van der Waals surface area contributed by atoms with Crippen molar-refractivity contribution in [1.82, 2.24) is 4.90 Å². The number of carbonyl (C=O) groups excluding carboxylic acids is 1. The molecule has 0 bridgehead atoms. The van der Waals surface area contributed by atoms with Crippen molar-refractivity contribution in [2.45, 2.75) is 6.92 Å². The molecule has 142 valence electrons. The van der Waals surface area contributed by atoms with E-state index in [9.17, 15) is 9.59 Å². The molecule has 0 aromatic heterocycles. The molecule has 0 radical (unpaired) electrons. The maximum absolute atomic E-state index is 12.8. The summed E-state index contributed by atoms with van der Waals surface area (Å²) < 4.78 is 10.7. The highest BCUT2D eigenvalue weighted by Gasteiger charge is 2.32. The second-order valence-corrected chi connectivity index (χ2v) is 7.03. The van der Waals surface area contributed by atoms with E-state index in [1.807, 2.05) is 25.1 Å². The van der Waals surface area contributed by atoms with Gasteiger partial charge in [0.25, 0.3) is 5.91 Å². The van der Waals surface area contributed by atoms with Crippen molar-refractivity contribution < 1.29 is 24.2 Å². The van der Waals surface area contributed by atoms with Gasteiger partial charge in [0, 0.05) is 6.54 Å². The van der Waals surface area contributed by atoms with Crippen molar-refractivity contribution in [2.75, 3.05) is 13.3 Å². The molecule has 1 fully saturated rings. The number of carboxylic acids is 1. The molecule has 0 spiro atoms. The molecule has 7 nitrogen and oxygen atoms in total. The van der Waals surface area contributed by atoms with Crippen LogP contribution in [0.4, 0.5) is 5.69 Å². The lowest BCUT2D eigenvalue weighted by atomic mass is 10.2. The minimum atomic E-state index is -1.02. The van der Waals surface area contributed by atoms with E-state index in [1.54, 1.807) is 23.1 Å². The Labute approximate surface area is 165 Å². The number of fused-ring (bicyclic) bond motifs is 1. The number of thioether (sulfide) groups is 1. The summed E-state index contributed by atoms with van der Waals surface area (Å²) in [6.45, 7) is 2.52. The predicted molar refractivity (Wildman–Crippen MR) is 106 cm³/mol. The first-order valence-corrected chi connectivity index (χ1v) is 9.40. The molecule has 1 N–H and O–H groups in total. The number of hydrogen-bond donors (Lipinski definition) is 1. The van der Waals surface area contributed by atoms with Crippen LogP contribution in [0, 0.1) is 0 Å². The first-order valence-electron chi connectivity index (χ1n) is 8.58. The minimum absolute atomic E-state index is 0.140. The fourth-order valence-corrected chi connectivity index (χ4v) is 3.91. The van der Waals surface area contributed by atoms with Gasteiger partial charge in [-0.15, -0.1) is 0 Å². The van der Waals surface area contributed by atoms with Gasteiger partial charge >= 0.3 is 5.97 Å². The number of carbonyl (C=O) groups is 2. The van der Waals surface area contributed by atoms with Crippen LogP contribution in [0.5, 0.6) is 11.5 Å². The smallest absolute Gasteiger partial charge is 0.335 e. The number of amides is 1. The van der Waals surface area contributed by atoms with E-state index in [2.05, 4.69) is 4.99 Å². The number of amidine groups is 1. The van der Waals surface area contributed by atoms with Crippen molar-refractivity contribution in [3.8, 4) is 11.5 Å². The molecule has 1 amide bonds. The van der Waals surface area contributed by atoms with Gasteiger partial charge in [-0.2, -0.15) is 0 Å². The molecule has 2 aliphatic heterocycles. The zero-order valence-electron chi connectivity index (χ0n) is 14.9. The third kappa shape index (κ3) is 3.46. The number of nitrogens with zero attached hydrogens (tertiary/aromatic N) is 2. The molecular formula is C20H16N2O5S. The quantitative estimate of drug-likeness (QED) is 0.792. The number of aliphatic imine (C=N–C) groups is 1. The monoisotopic (exact) mass is 396 g/mol. The van der Waals surface area contributed by atoms with Crippen LogP contribution in [0.15, 0.2) is 52.4 Å². The molecule has 0 atom stereocenters. The number of carboxylic acid groups (broad SMARTS) is 1. The topological polar surface area (TPSA) is 88.4 Å². The molecule has 2 aromatic rings. The van der Waals surface area contributed by atoms with E-state index in [4.69, 9.17) is 14.6 Å². The number of rotatable bonds is 4. The van der Waals surface area contributed by atoms with Gasteiger partial charge in [-0.3, -0.25) is 9.69 Å². The standard InChI is InChI=1S/C20H16N2O5S/c1-2-22-18(23)17(9-12-6-7-15-16(8-12)27-11-26-15)28-20(22)21-14-5-3-4-13(10-14)19(24)25/h3-10H,2,11H2,1H3,(H,24,25)/b17-9+,21-20?. The zero-order valence-corrected chi connectivity index (χ0v) is 15.7. The number of hydrogen-bond acceptors (Lipinski definition) is 6. The first-order chi connectivity index (χ1) is 13.5. The highest BCUT2D eigenvalue weighted by Crippen LogP contribution is 2.37. The summed E-state index contributed by atoms with van der Waals surface area (Å²) in [5.41, 5.74) is 1.46. The fraction of sp³-hybridized carbons (Fsp3) is 0.150. The van der Waals surface area contributed by atoms with Crippen LogP contribution in [0.2, 0.25) is 0 Å². The average Bonchev–Trinajstić information content (AvgIpc) is 3.26. The second-order valence-electron chi connectivity index (χ2n) is 6.02. The zero-order chi connectivity index (χ0) is 19.7. The number of ether oxygens (including phenoxy) is 2. The summed E-state index contributed by atoms with van der Waals surface area (Å²) in [5.74, 6) is 0.172. The number of aromatic carboxylic acids is 1. The largest absolute Gasteiger partial charge is 0.478 e. The van der Waals surface area contributed by atoms with Crippen molar-refractivity contribution in [3.05, 3.63) is 58.5 Å². The Morgan fingerprint density at radius 3 is 2.86 bits per heavy atom. The Kier molecular flexibility index (Phi) is 4.79. The van der Waals surface area contributed by atoms with Gasteiger partial charge in [-0.05, 0) is 60.7 Å². The normalized spacial score (nSPS) is 18.3. The molecule has 1 saturated heterocycles. The summed E-state index contributed by atoms with van der Waals surface area (Å²) in [6.07, 6.45) is 1.79. The Morgan fingerprint density at radius 1 is 1.25 bits per heavy atom. The SMILES string of the molecule is CCN1C(=O)/C(=C\c2ccc3c(c2)OCO3)SC1=Nc1cccc(C(=O)O)c1. The van der Waals surface area contributed by atoms with Gasteiger partial charge < -0.3 is 14.6 Å². The van der Waals surface area contributed by atoms with Crippen molar-refractivity contribution in [2.24, 2.45) is 4.99 Å². The van der Waals surface area contributed by atoms with Crippen molar-refractivity contribution in [1.29, 1.82) is 0 Å². The first kappa shape index (κ1) is 18.1. The van der Waals surface area contributed by atoms with Crippen LogP contribution in [-0.2, 0) is 4.79 Å². The Morgan fingerprint density at radius 2 is 2.07 bits per heavy atom. The Hall–Kier alpha value is -3.26. The van der Waals surface area contributed by atoms with Crippen LogP contribution >= 0.6 is 11.8 Å². The fourth-order valence-electron chi connectivity index (χ4n) is 2.84. The number of likely N-dealkylation sites (N-methyl/N-ethyl adjacent to an activating group) is 1. The van der Waals surface area contributed by atoms with Crippen LogP contribution in [-0.4, -0.2) is 40.4 Å². The van der Waals surface area contributed by atoms with E-state index in [0.717, 1.165) is 5.56 Å². The Balaban J connectivity index is 1.64. The van der Waals surface area contributed by atoms with Gasteiger partial charge in [0.05, 0.1) is 16.2 Å². The summed E-state index contributed by atoms with van der Waals surface area (Å²) in [4.78, 5) is 30.5. The lowest BCUT2D eigenvalue weighted by Crippen LogP contribution is -2.28. The van der Waals surface area contributed by atoms with Gasteiger partial charge in [0.15, 0.2) is 16.7 Å². The van der Waals surface area contributed by atoms with E-state index >= 15 is 0 Å². The molecule has 0 unspecified atom stereocenters. The highest BCUT2D eigenvalue weighted by atomic mass is 32.2. The molecule has 2 aliphatic rings. The maximum Gasteiger partial charge on any atom is 0.335 e. The van der Waals surface area contributed by atoms with Gasteiger partial charge in [-0.1, -0.05) is 12.1 Å². The molecule has 28 heavy (non-hydrogen) atoms. The van der Waals surface area contributed by atoms with Crippen molar-refractivity contribution >= 4 is 40.6 Å². The van der Waals surface area contributed by atoms with Crippen LogP contribution in [0.3, 0.4) is 0 Å². The lowest BCUT2D eigenvalue weighted by Gasteiger charge is -2.12. The minimum Gasteiger partial charge on any atom is -0.478 e. The summed E-state index contributed by atoms with van der Waals surface area (Å²) in [5, 5.41) is 9.65. The third-order valence-electron chi connectivity index (χ3n) is 4.22. The van der Waals surface area contributed by atoms with E-state index in [0.29, 0.717) is 33.8 Å². The summed E-state index contributed by atoms with van der Waals surface area (Å²) in [7, 11) is 0. The molecule has 0 aliphatic carbocycles. The van der Waals surface area contributed by atoms with E-state index < -0.39 is 5.97 Å². The van der Waals surface area contributed by atoms with E-state index in [1.165, 1.54) is 23.9 Å². The molecule has 0 saturated carbocycles. The number of benzene rings is 2. The van der Waals surface area contributed by atoms with Gasteiger partial charge in [0.2, 0.25) is 6.79 Å². The third-order valence-corrected chi connectivity index (χ3v) is 5.22. The van der Waals surface area contributed by atoms with Crippen LogP contribution < -0.4 is 9.47 Å². The summed E-state index contributed by atoms with van der Waals surface area (Å²) >= 11 is 1.26. The molecule has 2 heterocycles. The molecule has 2 aromatic carbocycles. The average molecular weight is 396 g/mol. The van der Waals surface area contributed by atoms with Crippen LogP contribution in [0.25, 0.3) is 6.08 Å². The predicted octanol–water partition coefficient (Wildman–Crippen LogP) is 3.74. The summed E-state index contributed by atoms with van der Waals surface area (Å²) in [6, 6.07) is 11.8. The van der Waals surface area contributed by atoms with Crippen molar-refractivity contribution in [3.63, 3.8) is 0 Å². The van der Waals surface area contributed by atoms with Crippen LogP contribution in [0.1, 0.15) is 22.8 Å².